The van der Waals surface area contributed by atoms with Crippen LogP contribution in [0.4, 0.5) is 5.69 Å². The molecule has 0 aliphatic carbocycles. The predicted octanol–water partition coefficient (Wildman–Crippen LogP) is 2.62. The molecule has 1 fully saturated rings. The minimum absolute atomic E-state index is 0.341. The summed E-state index contributed by atoms with van der Waals surface area (Å²) < 4.78 is 33.5. The average Bonchev–Trinajstić information content (AvgIpc) is 3.10. The van der Waals surface area contributed by atoms with E-state index >= 15 is 0 Å². The average molecular weight is 460 g/mol. The van der Waals surface area contributed by atoms with E-state index < -0.39 is 10.0 Å². The minimum atomic E-state index is -3.41. The molecule has 1 aliphatic heterocycles. The normalized spacial score (nSPS) is 16.0. The van der Waals surface area contributed by atoms with Gasteiger partial charge < -0.3 is 9.64 Å². The number of ether oxygens (including phenoxy) is 1. The lowest BCUT2D eigenvalue weighted by Gasteiger charge is -2.36. The van der Waals surface area contributed by atoms with Gasteiger partial charge in [-0.1, -0.05) is 0 Å². The quantitative estimate of drug-likeness (QED) is 0.689. The van der Waals surface area contributed by atoms with E-state index in [9.17, 15) is 8.42 Å². The number of halogens is 1. The Bertz CT molecular complexity index is 816. The molecule has 142 valence electrons. The first-order valence-electron chi connectivity index (χ1n) is 8.34. The number of sulfonamides is 1. The van der Waals surface area contributed by atoms with Gasteiger partial charge in [0.05, 0.1) is 10.9 Å². The maximum atomic E-state index is 12.2. The Morgan fingerprint density at radius 3 is 2.38 bits per heavy atom. The molecule has 0 radical (unpaired) electrons. The zero-order valence-electron chi connectivity index (χ0n) is 14.5. The minimum Gasteiger partial charge on any atom is -0.497 e. The van der Waals surface area contributed by atoms with E-state index in [1.807, 2.05) is 12.1 Å². The highest BCUT2D eigenvalue weighted by Gasteiger charge is 2.19. The third-order valence-corrected chi connectivity index (χ3v) is 7.92. The Hall–Kier alpha value is -1.13. The Kier molecular flexibility index (Phi) is 6.57. The zero-order chi connectivity index (χ0) is 18.6. The van der Waals surface area contributed by atoms with Gasteiger partial charge in [0.15, 0.2) is 0 Å². The summed E-state index contributed by atoms with van der Waals surface area (Å²) in [5.41, 5.74) is 1.19. The van der Waals surface area contributed by atoms with Crippen LogP contribution in [0.5, 0.6) is 5.75 Å². The van der Waals surface area contributed by atoms with Gasteiger partial charge in [0, 0.05) is 45.0 Å². The molecule has 2 aromatic rings. The van der Waals surface area contributed by atoms with Crippen molar-refractivity contribution in [2.45, 2.75) is 4.21 Å². The van der Waals surface area contributed by atoms with E-state index in [1.165, 1.54) is 17.0 Å². The van der Waals surface area contributed by atoms with E-state index in [4.69, 9.17) is 4.74 Å². The maximum Gasteiger partial charge on any atom is 0.250 e. The largest absolute Gasteiger partial charge is 0.497 e. The van der Waals surface area contributed by atoms with Crippen molar-refractivity contribution in [3.63, 3.8) is 0 Å². The lowest BCUT2D eigenvalue weighted by atomic mass is 10.2. The van der Waals surface area contributed by atoms with Crippen LogP contribution >= 0.6 is 27.3 Å². The van der Waals surface area contributed by atoms with Crippen molar-refractivity contribution in [3.8, 4) is 5.75 Å². The van der Waals surface area contributed by atoms with Crippen LogP contribution < -0.4 is 14.4 Å². The van der Waals surface area contributed by atoms with Gasteiger partial charge in [0.1, 0.15) is 9.96 Å². The van der Waals surface area contributed by atoms with E-state index in [2.05, 4.69) is 42.6 Å². The number of methoxy groups -OCH3 is 1. The smallest absolute Gasteiger partial charge is 0.250 e. The molecule has 9 heteroatoms. The summed E-state index contributed by atoms with van der Waals surface area (Å²) in [4.78, 5) is 4.62. The van der Waals surface area contributed by atoms with Crippen LogP contribution in [0.25, 0.3) is 0 Å². The van der Waals surface area contributed by atoms with Crippen molar-refractivity contribution in [3.05, 3.63) is 40.2 Å². The molecule has 0 bridgehead atoms. The van der Waals surface area contributed by atoms with Crippen LogP contribution in [0.1, 0.15) is 0 Å². The molecule has 1 N–H and O–H groups in total. The second kappa shape index (κ2) is 8.71. The van der Waals surface area contributed by atoms with Crippen molar-refractivity contribution in [1.29, 1.82) is 0 Å². The summed E-state index contributed by atoms with van der Waals surface area (Å²) in [6.07, 6.45) is 0. The van der Waals surface area contributed by atoms with E-state index in [0.717, 1.165) is 35.7 Å². The van der Waals surface area contributed by atoms with Gasteiger partial charge in [-0.25, -0.2) is 13.1 Å². The molecule has 0 saturated carbocycles. The summed E-state index contributed by atoms with van der Waals surface area (Å²) in [6, 6.07) is 11.4. The third-order valence-electron chi connectivity index (χ3n) is 4.34. The fourth-order valence-electron chi connectivity index (χ4n) is 2.87. The number of nitrogens with one attached hydrogen (secondary N) is 1. The molecule has 1 saturated heterocycles. The second-order valence-corrected chi connectivity index (χ2v) is 10.4. The van der Waals surface area contributed by atoms with Crippen LogP contribution in [0, 0.1) is 0 Å². The van der Waals surface area contributed by atoms with E-state index in [-0.39, 0.29) is 0 Å². The van der Waals surface area contributed by atoms with Crippen molar-refractivity contribution >= 4 is 43.0 Å². The number of nitrogens with zero attached hydrogens (tertiary/aromatic N) is 2. The molecule has 1 aliphatic rings. The number of rotatable bonds is 7. The predicted molar refractivity (Wildman–Crippen MR) is 109 cm³/mol. The summed E-state index contributed by atoms with van der Waals surface area (Å²) in [7, 11) is -1.75. The maximum absolute atomic E-state index is 12.2. The summed E-state index contributed by atoms with van der Waals surface area (Å²) in [6.45, 7) is 4.81. The lowest BCUT2D eigenvalue weighted by Crippen LogP contribution is -2.48. The van der Waals surface area contributed by atoms with Gasteiger partial charge >= 0.3 is 0 Å². The standard InChI is InChI=1S/C17H22BrN3O3S2/c1-24-15-4-2-14(3-5-15)21-12-10-20(11-13-21)9-8-19-26(22,23)17-7-6-16(18)25-17/h2-7,19H,8-13H2,1H3. The second-order valence-electron chi connectivity index (χ2n) is 5.98. The fourth-order valence-corrected chi connectivity index (χ4v) is 5.95. The molecule has 26 heavy (non-hydrogen) atoms. The third kappa shape index (κ3) is 4.98. The molecule has 6 nitrogen and oxygen atoms in total. The summed E-state index contributed by atoms with van der Waals surface area (Å²) in [5.74, 6) is 0.859. The van der Waals surface area contributed by atoms with Gasteiger partial charge in [-0.2, -0.15) is 0 Å². The number of hydrogen-bond acceptors (Lipinski definition) is 6. The number of benzene rings is 1. The zero-order valence-corrected chi connectivity index (χ0v) is 17.7. The molecule has 1 aromatic heterocycles. The Balaban J connectivity index is 1.44. The molecule has 0 spiro atoms. The molecule has 1 aromatic carbocycles. The number of thiophene rings is 1. The van der Waals surface area contributed by atoms with Crippen molar-refractivity contribution in [1.82, 2.24) is 9.62 Å². The van der Waals surface area contributed by atoms with E-state index in [0.29, 0.717) is 17.3 Å². The van der Waals surface area contributed by atoms with Crippen LogP contribution in [0.15, 0.2) is 44.4 Å². The summed E-state index contributed by atoms with van der Waals surface area (Å²) in [5, 5.41) is 0. The molecule has 0 unspecified atom stereocenters. The highest BCUT2D eigenvalue weighted by molar-refractivity contribution is 9.11. The monoisotopic (exact) mass is 459 g/mol. The first-order chi connectivity index (χ1) is 12.5. The number of piperazine rings is 1. The van der Waals surface area contributed by atoms with Gasteiger partial charge in [-0.3, -0.25) is 4.90 Å². The van der Waals surface area contributed by atoms with Crippen molar-refractivity contribution in [2.24, 2.45) is 0 Å². The van der Waals surface area contributed by atoms with Crippen LogP contribution in [0.2, 0.25) is 0 Å². The molecular weight excluding hydrogens is 438 g/mol. The van der Waals surface area contributed by atoms with Crippen molar-refractivity contribution in [2.75, 3.05) is 51.3 Å². The van der Waals surface area contributed by atoms with Crippen molar-refractivity contribution < 1.29 is 13.2 Å². The molecule has 3 rings (SSSR count). The summed E-state index contributed by atoms with van der Waals surface area (Å²) >= 11 is 4.51. The molecular formula is C17H22BrN3O3S2. The lowest BCUT2D eigenvalue weighted by molar-refractivity contribution is 0.262. The van der Waals surface area contributed by atoms with Crippen LogP contribution in [-0.2, 0) is 10.0 Å². The Morgan fingerprint density at radius 2 is 1.81 bits per heavy atom. The Labute approximate surface area is 166 Å². The van der Waals surface area contributed by atoms with Crippen LogP contribution in [0.3, 0.4) is 0 Å². The topological polar surface area (TPSA) is 61.9 Å². The highest BCUT2D eigenvalue weighted by atomic mass is 79.9. The number of anilines is 1. The van der Waals surface area contributed by atoms with Gasteiger partial charge in [-0.05, 0) is 52.3 Å². The van der Waals surface area contributed by atoms with Gasteiger partial charge in [0.2, 0.25) is 10.0 Å². The fraction of sp³-hybridized carbons (Fsp3) is 0.412. The SMILES string of the molecule is COc1ccc(N2CCN(CCNS(=O)(=O)c3ccc(Br)s3)CC2)cc1. The first kappa shape index (κ1) is 19.6. The van der Waals surface area contributed by atoms with E-state index in [1.54, 1.807) is 19.2 Å². The van der Waals surface area contributed by atoms with Gasteiger partial charge in [0.25, 0.3) is 0 Å². The first-order valence-corrected chi connectivity index (χ1v) is 11.4. The molecule has 0 atom stereocenters. The van der Waals surface area contributed by atoms with Crippen LogP contribution in [-0.4, -0.2) is 59.7 Å². The highest BCUT2D eigenvalue weighted by Crippen LogP contribution is 2.25. The molecule has 0 amide bonds. The Morgan fingerprint density at radius 1 is 1.12 bits per heavy atom. The molecule has 2 heterocycles. The number of hydrogen-bond donors (Lipinski definition) is 1. The van der Waals surface area contributed by atoms with Gasteiger partial charge in [-0.15, -0.1) is 11.3 Å².